The van der Waals surface area contributed by atoms with Crippen molar-refractivity contribution in [2.24, 2.45) is 0 Å². The van der Waals surface area contributed by atoms with E-state index in [0.717, 1.165) is 37.0 Å². The minimum absolute atomic E-state index is 0.0812. The maximum Gasteiger partial charge on any atom is 0.163 e. The molecule has 0 saturated carbocycles. The number of aryl methyl sites for hydroxylation is 1. The second-order valence-electron chi connectivity index (χ2n) is 13.1. The van der Waals surface area contributed by atoms with Gasteiger partial charge in [0.05, 0.1) is 34.1 Å². The number of carbonyl (C=O) groups excluding carboxylic acids is 1. The highest BCUT2D eigenvalue weighted by atomic mass is 32.2. The van der Waals surface area contributed by atoms with Crippen molar-refractivity contribution in [3.8, 4) is 22.8 Å². The molecule has 0 saturated heterocycles. The highest BCUT2D eigenvalue weighted by Gasteiger charge is 2.43. The molecule has 1 aromatic heterocycles. The van der Waals surface area contributed by atoms with Crippen LogP contribution >= 0.6 is 0 Å². The molecule has 1 aliphatic heterocycles. The smallest absolute Gasteiger partial charge is 0.163 e. The van der Waals surface area contributed by atoms with Crippen LogP contribution in [0.4, 0.5) is 4.39 Å². The van der Waals surface area contributed by atoms with Crippen LogP contribution in [0.2, 0.25) is 0 Å². The van der Waals surface area contributed by atoms with Crippen LogP contribution in [-0.2, 0) is 35.0 Å². The van der Waals surface area contributed by atoms with E-state index >= 15 is 0 Å². The molecule has 2 aromatic carbocycles. The number of fused-ring (bicyclic) bond motifs is 2. The molecule has 2 N–H and O–H groups in total. The molecular formula is C34H41FN2O5S. The van der Waals surface area contributed by atoms with Crippen LogP contribution in [-0.4, -0.2) is 38.5 Å². The van der Waals surface area contributed by atoms with Crippen molar-refractivity contribution in [2.45, 2.75) is 89.0 Å². The number of pyridine rings is 1. The lowest BCUT2D eigenvalue weighted by molar-refractivity contribution is 0.0396. The van der Waals surface area contributed by atoms with Crippen molar-refractivity contribution >= 4 is 16.8 Å². The topological polar surface area (TPSA) is 97.8 Å². The van der Waals surface area contributed by atoms with Crippen molar-refractivity contribution in [2.75, 3.05) is 13.7 Å². The highest BCUT2D eigenvalue weighted by Crippen LogP contribution is 2.45. The summed E-state index contributed by atoms with van der Waals surface area (Å²) < 4.78 is 41.4. The Bertz CT molecular complexity index is 1550. The van der Waals surface area contributed by atoms with Gasteiger partial charge in [-0.05, 0) is 120 Å². The first-order valence-corrected chi connectivity index (χ1v) is 16.0. The Hall–Kier alpha value is -3.14. The van der Waals surface area contributed by atoms with Crippen LogP contribution in [0.1, 0.15) is 93.0 Å². The number of methoxy groups -OCH3 is 1. The normalized spacial score (nSPS) is 20.0. The molecule has 0 spiro atoms. The lowest BCUT2D eigenvalue weighted by Gasteiger charge is -2.30. The molecule has 2 heterocycles. The van der Waals surface area contributed by atoms with Crippen molar-refractivity contribution in [1.29, 1.82) is 0 Å². The molecule has 0 fully saturated rings. The van der Waals surface area contributed by atoms with E-state index in [1.165, 1.54) is 17.7 Å². The Labute approximate surface area is 255 Å². The van der Waals surface area contributed by atoms with Gasteiger partial charge in [0.25, 0.3) is 0 Å². The first-order valence-electron chi connectivity index (χ1n) is 14.8. The maximum absolute atomic E-state index is 13.8. The quantitative estimate of drug-likeness (QED) is 0.277. The summed E-state index contributed by atoms with van der Waals surface area (Å²) in [5.41, 5.74) is 2.71. The minimum atomic E-state index is -1.48. The number of nitrogens with one attached hydrogen (secondary N) is 1. The third-order valence-corrected chi connectivity index (χ3v) is 10.2. The van der Waals surface area contributed by atoms with Crippen LogP contribution in [0, 0.1) is 5.82 Å². The average molecular weight is 609 g/mol. The second kappa shape index (κ2) is 11.7. The predicted molar refractivity (Wildman–Crippen MR) is 166 cm³/mol. The summed E-state index contributed by atoms with van der Waals surface area (Å²) in [6.07, 6.45) is 4.29. The first kappa shape index (κ1) is 31.3. The Morgan fingerprint density at radius 1 is 1.14 bits per heavy atom. The molecule has 1 aliphatic carbocycles. The zero-order valence-corrected chi connectivity index (χ0v) is 26.6. The lowest BCUT2D eigenvalue weighted by atomic mass is 9.86. The molecule has 1 unspecified atom stereocenters. The molecule has 43 heavy (non-hydrogen) atoms. The van der Waals surface area contributed by atoms with Crippen molar-refractivity contribution in [1.82, 2.24) is 9.71 Å². The maximum atomic E-state index is 13.8. The van der Waals surface area contributed by atoms with Gasteiger partial charge in [0.1, 0.15) is 29.5 Å². The SMILES string of the molecule is COc1cc(C(=O)CC[C@@](C)(O)c2cc3c(c(-c4ccc(F)cc4)n2)OC[C@@]3(C)NS(=O)C(C)(C)C)cc2c1CCCC2. The molecular weight excluding hydrogens is 567 g/mol. The van der Waals surface area contributed by atoms with Gasteiger partial charge in [0, 0.05) is 23.1 Å². The van der Waals surface area contributed by atoms with E-state index in [4.69, 9.17) is 14.5 Å². The van der Waals surface area contributed by atoms with Crippen LogP contribution in [0.15, 0.2) is 42.5 Å². The third kappa shape index (κ3) is 6.40. The number of aliphatic hydroxyl groups is 1. The lowest BCUT2D eigenvalue weighted by Crippen LogP contribution is -2.47. The zero-order chi connectivity index (χ0) is 31.2. The van der Waals surface area contributed by atoms with Crippen LogP contribution < -0.4 is 14.2 Å². The summed E-state index contributed by atoms with van der Waals surface area (Å²) in [5.74, 6) is 0.774. The number of rotatable bonds is 9. The van der Waals surface area contributed by atoms with Crippen molar-refractivity contribution in [3.63, 3.8) is 0 Å². The Kier molecular flexibility index (Phi) is 8.55. The molecule has 9 heteroatoms. The fraction of sp³-hybridized carbons (Fsp3) is 0.471. The van der Waals surface area contributed by atoms with E-state index in [1.807, 2.05) is 39.8 Å². The highest BCUT2D eigenvalue weighted by molar-refractivity contribution is 7.84. The van der Waals surface area contributed by atoms with E-state index in [1.54, 1.807) is 32.2 Å². The fourth-order valence-corrected chi connectivity index (χ4v) is 6.59. The third-order valence-electron chi connectivity index (χ3n) is 8.42. The van der Waals surface area contributed by atoms with Gasteiger partial charge in [0.15, 0.2) is 11.5 Å². The van der Waals surface area contributed by atoms with Gasteiger partial charge in [-0.15, -0.1) is 0 Å². The number of nitrogens with zero attached hydrogens (tertiary/aromatic N) is 1. The van der Waals surface area contributed by atoms with Gasteiger partial charge in [-0.1, -0.05) is 0 Å². The summed E-state index contributed by atoms with van der Waals surface area (Å²) in [5, 5.41) is 11.8. The van der Waals surface area contributed by atoms with E-state index in [9.17, 15) is 18.5 Å². The number of halogens is 1. The molecule has 0 radical (unpaired) electrons. The molecule has 3 aromatic rings. The number of ketones is 1. The molecule has 230 valence electrons. The summed E-state index contributed by atoms with van der Waals surface area (Å²) in [7, 11) is 0.222. The molecule has 0 bridgehead atoms. The van der Waals surface area contributed by atoms with Crippen LogP contribution in [0.25, 0.3) is 11.3 Å². The van der Waals surface area contributed by atoms with E-state index in [2.05, 4.69) is 4.72 Å². The van der Waals surface area contributed by atoms with Gasteiger partial charge in [0.2, 0.25) is 0 Å². The molecule has 7 nitrogen and oxygen atoms in total. The summed E-state index contributed by atoms with van der Waals surface area (Å²) in [6.45, 7) is 9.41. The fourth-order valence-electron chi connectivity index (χ4n) is 5.70. The number of ether oxygens (including phenoxy) is 2. The number of Topliss-reactive ketones (excluding diaryl/α,β-unsaturated/α-hetero) is 1. The molecule has 5 rings (SSSR count). The van der Waals surface area contributed by atoms with Gasteiger partial charge >= 0.3 is 0 Å². The predicted octanol–water partition coefficient (Wildman–Crippen LogP) is 6.31. The summed E-state index contributed by atoms with van der Waals surface area (Å²) in [6, 6.07) is 11.5. The Balaban J connectivity index is 1.48. The summed E-state index contributed by atoms with van der Waals surface area (Å²) in [4.78, 5) is 18.2. The molecule has 3 atom stereocenters. The zero-order valence-electron chi connectivity index (χ0n) is 25.8. The second-order valence-corrected chi connectivity index (χ2v) is 15.0. The van der Waals surface area contributed by atoms with Gasteiger partial charge in [-0.3, -0.25) is 4.79 Å². The van der Waals surface area contributed by atoms with Crippen molar-refractivity contribution < 1.29 is 28.0 Å². The number of benzene rings is 2. The first-order chi connectivity index (χ1) is 20.2. The number of hydrogen-bond donors (Lipinski definition) is 2. The number of hydrogen-bond acceptors (Lipinski definition) is 6. The monoisotopic (exact) mass is 608 g/mol. The average Bonchev–Trinajstić information content (AvgIpc) is 3.30. The van der Waals surface area contributed by atoms with Crippen molar-refractivity contribution in [3.05, 3.63) is 76.2 Å². The number of aromatic nitrogens is 1. The largest absolute Gasteiger partial charge is 0.496 e. The summed E-state index contributed by atoms with van der Waals surface area (Å²) >= 11 is 0. The van der Waals surface area contributed by atoms with E-state index in [0.29, 0.717) is 33.8 Å². The molecule has 2 aliphatic rings. The Morgan fingerprint density at radius 3 is 2.51 bits per heavy atom. The van der Waals surface area contributed by atoms with E-state index in [-0.39, 0.29) is 31.0 Å². The van der Waals surface area contributed by atoms with Crippen LogP contribution in [0.3, 0.4) is 0 Å². The minimum Gasteiger partial charge on any atom is -0.496 e. The van der Waals surface area contributed by atoms with Gasteiger partial charge < -0.3 is 14.6 Å². The van der Waals surface area contributed by atoms with Gasteiger partial charge in [-0.2, -0.15) is 0 Å². The van der Waals surface area contributed by atoms with Crippen LogP contribution in [0.5, 0.6) is 11.5 Å². The Morgan fingerprint density at radius 2 is 1.84 bits per heavy atom. The number of carbonyl (C=O) groups is 1. The molecule has 0 amide bonds. The standard InChI is InChI=1S/C34H41FN2O5S/c1-32(2,3)43(40)37-33(4)20-42-31-26(33)19-29(36-30(31)21-11-13-24(35)14-12-21)34(5,39)16-15-27(38)23-17-22-9-7-8-10-25(22)28(18-23)41-6/h11-14,17-19,37,39H,7-10,15-16,20H2,1-6H3/t33-,34-,43?/m1/s1. The van der Waals surface area contributed by atoms with Gasteiger partial charge in [-0.25, -0.2) is 18.3 Å². The van der Waals surface area contributed by atoms with E-state index < -0.39 is 26.9 Å².